The molecule has 1 heterocycles. The molecule has 1 aliphatic rings. The van der Waals surface area contributed by atoms with Gasteiger partial charge in [0, 0.05) is 11.5 Å². The summed E-state index contributed by atoms with van der Waals surface area (Å²) in [6, 6.07) is 4.94. The summed E-state index contributed by atoms with van der Waals surface area (Å²) in [5.41, 5.74) is 0.585. The molecule has 18 heavy (non-hydrogen) atoms. The molecular formula is C12H14BCl2NO2. The van der Waals surface area contributed by atoms with Gasteiger partial charge in [-0.25, -0.2) is 0 Å². The minimum atomic E-state index is -0.503. The van der Waals surface area contributed by atoms with Gasteiger partial charge in [0.1, 0.15) is 0 Å². The number of carbonyl (C=O) groups is 1. The van der Waals surface area contributed by atoms with Gasteiger partial charge < -0.3 is 9.83 Å². The summed E-state index contributed by atoms with van der Waals surface area (Å²) in [6.07, 6.45) is 0.768. The van der Waals surface area contributed by atoms with Crippen LogP contribution < -0.4 is 0 Å². The fourth-order valence-electron chi connectivity index (χ4n) is 2.23. The summed E-state index contributed by atoms with van der Waals surface area (Å²) in [6.45, 7) is 3.05. The molecule has 1 saturated heterocycles. The van der Waals surface area contributed by atoms with E-state index in [-0.39, 0.29) is 11.7 Å². The molecule has 1 N–H and O–H groups in total. The molecule has 0 amide bonds. The maximum Gasteiger partial charge on any atom is 0.376 e. The van der Waals surface area contributed by atoms with Crippen LogP contribution in [0.15, 0.2) is 18.2 Å². The molecule has 0 aromatic heterocycles. The second-order valence-electron chi connectivity index (χ2n) is 4.61. The van der Waals surface area contributed by atoms with Crippen LogP contribution in [0, 0.1) is 5.92 Å². The van der Waals surface area contributed by atoms with Crippen molar-refractivity contribution in [3.63, 3.8) is 0 Å². The van der Waals surface area contributed by atoms with Gasteiger partial charge in [-0.05, 0) is 44.5 Å². The van der Waals surface area contributed by atoms with Crippen LogP contribution in [0.25, 0.3) is 0 Å². The number of rotatable bonds is 3. The van der Waals surface area contributed by atoms with E-state index >= 15 is 0 Å². The molecule has 96 valence electrons. The number of hydrogen-bond donors (Lipinski definition) is 1. The third-order valence-corrected chi connectivity index (χ3v) is 4.06. The van der Waals surface area contributed by atoms with Gasteiger partial charge in [0.2, 0.25) is 0 Å². The Labute approximate surface area is 117 Å². The van der Waals surface area contributed by atoms with E-state index in [0.29, 0.717) is 22.2 Å². The van der Waals surface area contributed by atoms with E-state index in [1.165, 1.54) is 0 Å². The van der Waals surface area contributed by atoms with Crippen LogP contribution >= 0.6 is 23.2 Å². The highest BCUT2D eigenvalue weighted by Crippen LogP contribution is 2.26. The highest BCUT2D eigenvalue weighted by Gasteiger charge is 2.32. The van der Waals surface area contributed by atoms with E-state index in [1.54, 1.807) is 25.0 Å². The van der Waals surface area contributed by atoms with Crippen LogP contribution in [0.3, 0.4) is 0 Å². The minimum absolute atomic E-state index is 0.0664. The molecule has 2 rings (SSSR count). The van der Waals surface area contributed by atoms with Crippen LogP contribution in [0.2, 0.25) is 16.9 Å². The van der Waals surface area contributed by atoms with Crippen molar-refractivity contribution in [2.45, 2.75) is 13.2 Å². The maximum absolute atomic E-state index is 12.3. The third kappa shape index (κ3) is 2.89. The van der Waals surface area contributed by atoms with E-state index in [0.717, 1.165) is 13.0 Å². The van der Waals surface area contributed by atoms with Crippen molar-refractivity contribution in [1.29, 1.82) is 0 Å². The lowest BCUT2D eigenvalue weighted by atomic mass is 9.85. The number of ketones is 1. The standard InChI is InChI=1S/C12H14BCl2NO2/c1-13(18)16-5-4-9(7-16)12(17)8-2-3-10(14)11(15)6-8/h2-3,6,9,18H,4-5,7H2,1H3. The molecule has 1 aliphatic heterocycles. The molecule has 6 heteroatoms. The summed E-state index contributed by atoms with van der Waals surface area (Å²) in [7, 11) is -0.503. The topological polar surface area (TPSA) is 40.5 Å². The average Bonchev–Trinajstić information content (AvgIpc) is 2.81. The monoisotopic (exact) mass is 285 g/mol. The molecule has 0 spiro atoms. The maximum atomic E-state index is 12.3. The van der Waals surface area contributed by atoms with Gasteiger partial charge in [-0.1, -0.05) is 23.2 Å². The number of hydrogen-bond acceptors (Lipinski definition) is 3. The Balaban J connectivity index is 2.10. The Hall–Kier alpha value is -0.545. The minimum Gasteiger partial charge on any atom is -0.437 e. The molecule has 3 nitrogen and oxygen atoms in total. The van der Waals surface area contributed by atoms with E-state index < -0.39 is 7.05 Å². The molecule has 1 aromatic rings. The Morgan fingerprint density at radius 1 is 1.44 bits per heavy atom. The SMILES string of the molecule is CB(O)N1CCC(C(=O)c2ccc(Cl)c(Cl)c2)C1. The number of benzene rings is 1. The van der Waals surface area contributed by atoms with Gasteiger partial charge in [0.25, 0.3) is 0 Å². The smallest absolute Gasteiger partial charge is 0.376 e. The molecule has 0 bridgehead atoms. The van der Waals surface area contributed by atoms with Crippen LogP contribution in [-0.4, -0.2) is 35.8 Å². The molecule has 1 aromatic carbocycles. The fourth-order valence-corrected chi connectivity index (χ4v) is 2.52. The lowest BCUT2D eigenvalue weighted by Gasteiger charge is -2.15. The van der Waals surface area contributed by atoms with Crippen LogP contribution in [0.4, 0.5) is 0 Å². The number of carbonyl (C=O) groups excluding carboxylic acids is 1. The lowest BCUT2D eigenvalue weighted by Crippen LogP contribution is -2.35. The molecule has 1 fully saturated rings. The quantitative estimate of drug-likeness (QED) is 0.686. The van der Waals surface area contributed by atoms with Crippen molar-refractivity contribution in [3.8, 4) is 0 Å². The second-order valence-corrected chi connectivity index (χ2v) is 5.42. The zero-order chi connectivity index (χ0) is 13.3. The van der Waals surface area contributed by atoms with Gasteiger partial charge in [-0.2, -0.15) is 0 Å². The van der Waals surface area contributed by atoms with E-state index in [9.17, 15) is 9.82 Å². The first kappa shape index (κ1) is 13.9. The molecule has 1 atom stereocenters. The predicted octanol–water partition coefficient (Wildman–Crippen LogP) is 2.61. The Morgan fingerprint density at radius 2 is 2.17 bits per heavy atom. The van der Waals surface area contributed by atoms with Gasteiger partial charge in [-0.15, -0.1) is 0 Å². The molecule has 0 radical (unpaired) electrons. The Morgan fingerprint density at radius 3 is 2.72 bits per heavy atom. The second kappa shape index (κ2) is 5.62. The molecular weight excluding hydrogens is 272 g/mol. The fraction of sp³-hybridized carbons (Fsp3) is 0.417. The first-order chi connectivity index (χ1) is 8.49. The summed E-state index contributed by atoms with van der Waals surface area (Å²) in [5, 5.41) is 10.3. The highest BCUT2D eigenvalue weighted by molar-refractivity contribution is 6.45. The number of Topliss-reactive ketones (excluding diaryl/α,β-unsaturated/α-hetero) is 1. The first-order valence-electron chi connectivity index (χ1n) is 5.90. The number of nitrogens with zero attached hydrogens (tertiary/aromatic N) is 1. The third-order valence-electron chi connectivity index (χ3n) is 3.32. The van der Waals surface area contributed by atoms with Crippen LogP contribution in [0.5, 0.6) is 0 Å². The zero-order valence-electron chi connectivity index (χ0n) is 10.1. The summed E-state index contributed by atoms with van der Waals surface area (Å²) in [5.74, 6) is -0.00596. The Bertz CT molecular complexity index is 467. The van der Waals surface area contributed by atoms with Crippen molar-refractivity contribution >= 4 is 36.0 Å². The lowest BCUT2D eigenvalue weighted by molar-refractivity contribution is 0.0927. The van der Waals surface area contributed by atoms with Crippen LogP contribution in [0.1, 0.15) is 16.8 Å². The summed E-state index contributed by atoms with van der Waals surface area (Å²) in [4.78, 5) is 14.2. The van der Waals surface area contributed by atoms with Crippen molar-refractivity contribution in [2.75, 3.05) is 13.1 Å². The van der Waals surface area contributed by atoms with E-state index in [2.05, 4.69) is 0 Å². The zero-order valence-corrected chi connectivity index (χ0v) is 11.6. The van der Waals surface area contributed by atoms with Gasteiger partial charge in [0.05, 0.1) is 10.0 Å². The van der Waals surface area contributed by atoms with Gasteiger partial charge in [0.15, 0.2) is 5.78 Å². The van der Waals surface area contributed by atoms with Crippen molar-refractivity contribution < 1.29 is 9.82 Å². The molecule has 0 aliphatic carbocycles. The summed E-state index contributed by atoms with van der Waals surface area (Å²) >= 11 is 11.7. The van der Waals surface area contributed by atoms with Gasteiger partial charge in [-0.3, -0.25) is 4.79 Å². The predicted molar refractivity (Wildman–Crippen MR) is 74.3 cm³/mol. The van der Waals surface area contributed by atoms with Crippen molar-refractivity contribution in [2.24, 2.45) is 5.92 Å². The van der Waals surface area contributed by atoms with E-state index in [1.807, 2.05) is 4.81 Å². The van der Waals surface area contributed by atoms with Crippen molar-refractivity contribution in [1.82, 2.24) is 4.81 Å². The van der Waals surface area contributed by atoms with Crippen molar-refractivity contribution in [3.05, 3.63) is 33.8 Å². The normalized spacial score (nSPS) is 20.1. The van der Waals surface area contributed by atoms with Gasteiger partial charge >= 0.3 is 7.05 Å². The van der Waals surface area contributed by atoms with Crippen LogP contribution in [-0.2, 0) is 0 Å². The van der Waals surface area contributed by atoms with E-state index in [4.69, 9.17) is 23.2 Å². The average molecular weight is 286 g/mol. The summed E-state index contributed by atoms with van der Waals surface area (Å²) < 4.78 is 0. The number of halogens is 2. The molecule has 1 unspecified atom stereocenters. The molecule has 0 saturated carbocycles. The first-order valence-corrected chi connectivity index (χ1v) is 6.66. The Kier molecular flexibility index (Phi) is 4.33. The highest BCUT2D eigenvalue weighted by atomic mass is 35.5. The largest absolute Gasteiger partial charge is 0.437 e.